The van der Waals surface area contributed by atoms with Crippen molar-refractivity contribution in [2.75, 3.05) is 6.54 Å². The molecule has 3 heteroatoms. The van der Waals surface area contributed by atoms with E-state index in [4.69, 9.17) is 5.73 Å². The maximum Gasteiger partial charge on any atom is 0.126 e. The number of benzene rings is 2. The van der Waals surface area contributed by atoms with Gasteiger partial charge in [-0.2, -0.15) is 0 Å². The minimum Gasteiger partial charge on any atom is -0.330 e. The monoisotopic (exact) mass is 287 g/mol. The van der Waals surface area contributed by atoms with E-state index in [0.717, 1.165) is 25.3 Å². The molecule has 0 aliphatic heterocycles. The van der Waals surface area contributed by atoms with Crippen molar-refractivity contribution in [3.05, 3.63) is 70.8 Å². The van der Waals surface area contributed by atoms with Crippen LogP contribution in [-0.2, 0) is 18.3 Å². The molecule has 0 aromatic heterocycles. The van der Waals surface area contributed by atoms with Gasteiger partial charge < -0.3 is 5.73 Å². The Morgan fingerprint density at radius 2 is 1.90 bits per heavy atom. The van der Waals surface area contributed by atoms with E-state index in [1.54, 1.807) is 0 Å². The predicted molar refractivity (Wildman–Crippen MR) is 80.2 cm³/mol. The Balaban J connectivity index is 2.04. The molecule has 0 saturated carbocycles. The van der Waals surface area contributed by atoms with E-state index < -0.39 is 5.82 Å². The van der Waals surface area contributed by atoms with E-state index in [1.807, 2.05) is 12.1 Å². The van der Waals surface area contributed by atoms with Gasteiger partial charge in [0.15, 0.2) is 0 Å². The second-order valence-electron chi connectivity index (χ2n) is 5.91. The molecular weight excluding hydrogens is 268 g/mol. The Morgan fingerprint density at radius 3 is 2.71 bits per heavy atom. The Morgan fingerprint density at radius 1 is 1.10 bits per heavy atom. The van der Waals surface area contributed by atoms with Gasteiger partial charge in [0.1, 0.15) is 11.6 Å². The van der Waals surface area contributed by atoms with Gasteiger partial charge in [-0.1, -0.05) is 24.3 Å². The van der Waals surface area contributed by atoms with Crippen LogP contribution in [0.4, 0.5) is 8.78 Å². The van der Waals surface area contributed by atoms with Gasteiger partial charge in [0.25, 0.3) is 0 Å². The van der Waals surface area contributed by atoms with Crippen molar-refractivity contribution in [1.29, 1.82) is 0 Å². The zero-order valence-electron chi connectivity index (χ0n) is 11.9. The average Bonchev–Trinajstić information content (AvgIpc) is 2.51. The lowest BCUT2D eigenvalue weighted by atomic mass is 9.67. The summed E-state index contributed by atoms with van der Waals surface area (Å²) in [5.41, 5.74) is 8.68. The van der Waals surface area contributed by atoms with Crippen molar-refractivity contribution in [3.8, 4) is 0 Å². The van der Waals surface area contributed by atoms with Crippen LogP contribution >= 0.6 is 0 Å². The van der Waals surface area contributed by atoms with Gasteiger partial charge in [-0.25, -0.2) is 8.78 Å². The number of nitrogens with two attached hydrogens (primary N) is 1. The normalized spacial score (nSPS) is 21.1. The van der Waals surface area contributed by atoms with Crippen molar-refractivity contribution < 1.29 is 8.78 Å². The standard InChI is InChI=1S/C18H19F2N/c19-15-7-8-17(20)14(10-15)11-18(12-21)9-3-5-13-4-1-2-6-16(13)18/h1-2,4,6-8,10H,3,5,9,11-12,21H2. The second kappa shape index (κ2) is 5.57. The van der Waals surface area contributed by atoms with Gasteiger partial charge in [-0.15, -0.1) is 0 Å². The Hall–Kier alpha value is -1.74. The van der Waals surface area contributed by atoms with Crippen LogP contribution in [0.25, 0.3) is 0 Å². The van der Waals surface area contributed by atoms with Crippen molar-refractivity contribution in [3.63, 3.8) is 0 Å². The number of rotatable bonds is 3. The number of halogens is 2. The van der Waals surface area contributed by atoms with Crippen molar-refractivity contribution in [1.82, 2.24) is 0 Å². The molecule has 0 bridgehead atoms. The first-order chi connectivity index (χ1) is 10.1. The summed E-state index contributed by atoms with van der Waals surface area (Å²) in [6.07, 6.45) is 3.43. The molecule has 2 aromatic rings. The highest BCUT2D eigenvalue weighted by molar-refractivity contribution is 5.39. The van der Waals surface area contributed by atoms with Crippen LogP contribution in [0.3, 0.4) is 0 Å². The van der Waals surface area contributed by atoms with Gasteiger partial charge in [-0.3, -0.25) is 0 Å². The molecular formula is C18H19F2N. The maximum absolute atomic E-state index is 14.0. The van der Waals surface area contributed by atoms with Crippen LogP contribution in [0.5, 0.6) is 0 Å². The molecule has 110 valence electrons. The fraction of sp³-hybridized carbons (Fsp3) is 0.333. The summed E-state index contributed by atoms with van der Waals surface area (Å²) in [5, 5.41) is 0. The van der Waals surface area contributed by atoms with E-state index in [9.17, 15) is 8.78 Å². The van der Waals surface area contributed by atoms with Crippen LogP contribution in [-0.4, -0.2) is 6.54 Å². The summed E-state index contributed by atoms with van der Waals surface area (Å²) >= 11 is 0. The molecule has 0 heterocycles. The first kappa shape index (κ1) is 14.2. The third kappa shape index (κ3) is 2.58. The Labute approximate surface area is 123 Å². The van der Waals surface area contributed by atoms with Crippen LogP contribution in [0.15, 0.2) is 42.5 Å². The van der Waals surface area contributed by atoms with Crippen molar-refractivity contribution >= 4 is 0 Å². The minimum atomic E-state index is -0.400. The highest BCUT2D eigenvalue weighted by Crippen LogP contribution is 2.39. The SMILES string of the molecule is NCC1(Cc2cc(F)ccc2F)CCCc2ccccc21. The minimum absolute atomic E-state index is 0.288. The topological polar surface area (TPSA) is 26.0 Å². The largest absolute Gasteiger partial charge is 0.330 e. The van der Waals surface area contributed by atoms with Gasteiger partial charge >= 0.3 is 0 Å². The predicted octanol–water partition coefficient (Wildman–Crippen LogP) is 3.74. The molecule has 1 aliphatic rings. The molecule has 0 spiro atoms. The molecule has 0 amide bonds. The van der Waals surface area contributed by atoms with E-state index in [2.05, 4.69) is 12.1 Å². The number of fused-ring (bicyclic) bond motifs is 1. The third-order valence-electron chi connectivity index (χ3n) is 4.62. The van der Waals surface area contributed by atoms with E-state index >= 15 is 0 Å². The van der Waals surface area contributed by atoms with E-state index in [-0.39, 0.29) is 11.2 Å². The summed E-state index contributed by atoms with van der Waals surface area (Å²) in [6, 6.07) is 11.9. The lowest BCUT2D eigenvalue weighted by Crippen LogP contribution is -2.40. The number of aryl methyl sites for hydroxylation is 1. The summed E-state index contributed by atoms with van der Waals surface area (Å²) < 4.78 is 27.4. The molecule has 1 nitrogen and oxygen atoms in total. The van der Waals surface area contributed by atoms with E-state index in [1.165, 1.54) is 23.3 Å². The third-order valence-corrected chi connectivity index (χ3v) is 4.62. The lowest BCUT2D eigenvalue weighted by Gasteiger charge is -2.38. The summed E-state index contributed by atoms with van der Waals surface area (Å²) in [7, 11) is 0. The lowest BCUT2D eigenvalue weighted by molar-refractivity contribution is 0.360. The quantitative estimate of drug-likeness (QED) is 0.914. The van der Waals surface area contributed by atoms with Crippen LogP contribution in [0, 0.1) is 11.6 Å². The average molecular weight is 287 g/mol. The molecule has 0 saturated heterocycles. The maximum atomic E-state index is 14.0. The van der Waals surface area contributed by atoms with Gasteiger partial charge in [-0.05, 0) is 60.6 Å². The van der Waals surface area contributed by atoms with Gasteiger partial charge in [0.2, 0.25) is 0 Å². The van der Waals surface area contributed by atoms with Gasteiger partial charge in [0.05, 0.1) is 0 Å². The Kier molecular flexibility index (Phi) is 3.77. The zero-order chi connectivity index (χ0) is 14.9. The van der Waals surface area contributed by atoms with E-state index in [0.29, 0.717) is 18.5 Å². The molecule has 2 N–H and O–H groups in total. The molecule has 1 aliphatic carbocycles. The summed E-state index contributed by atoms with van der Waals surface area (Å²) in [5.74, 6) is -0.755. The molecule has 0 fully saturated rings. The Bertz CT molecular complexity index is 653. The fourth-order valence-corrected chi connectivity index (χ4v) is 3.52. The first-order valence-corrected chi connectivity index (χ1v) is 7.37. The highest BCUT2D eigenvalue weighted by atomic mass is 19.1. The van der Waals surface area contributed by atoms with Crippen molar-refractivity contribution in [2.24, 2.45) is 5.73 Å². The molecule has 0 radical (unpaired) electrons. The second-order valence-corrected chi connectivity index (χ2v) is 5.91. The highest BCUT2D eigenvalue weighted by Gasteiger charge is 2.36. The molecule has 1 atom stereocenters. The summed E-state index contributed by atoms with van der Waals surface area (Å²) in [6.45, 7) is 0.444. The van der Waals surface area contributed by atoms with Crippen molar-refractivity contribution in [2.45, 2.75) is 31.1 Å². The van der Waals surface area contributed by atoms with Crippen LogP contribution in [0.1, 0.15) is 29.5 Å². The smallest absolute Gasteiger partial charge is 0.126 e. The summed E-state index contributed by atoms with van der Waals surface area (Å²) in [4.78, 5) is 0. The molecule has 21 heavy (non-hydrogen) atoms. The van der Waals surface area contributed by atoms with Crippen LogP contribution < -0.4 is 5.73 Å². The molecule has 1 unspecified atom stereocenters. The van der Waals surface area contributed by atoms with Crippen LogP contribution in [0.2, 0.25) is 0 Å². The number of hydrogen-bond acceptors (Lipinski definition) is 1. The number of hydrogen-bond donors (Lipinski definition) is 1. The van der Waals surface area contributed by atoms with Gasteiger partial charge in [0, 0.05) is 12.0 Å². The fourth-order valence-electron chi connectivity index (χ4n) is 3.52. The zero-order valence-corrected chi connectivity index (χ0v) is 11.9. The molecule has 3 rings (SSSR count). The first-order valence-electron chi connectivity index (χ1n) is 7.37. The molecule has 2 aromatic carbocycles.